The Labute approximate surface area is 214 Å². The summed E-state index contributed by atoms with van der Waals surface area (Å²) in [6, 6.07) is 4.90. The standard InChI is InChI=1S/C26H32F3N7O/c1-16-5-7-19(10-24(16)36(31)15-20(12-30)23-14-33-35(4)17(23)2)25(37)34-22-8-6-18(13-32-3)9-21(11-22)26(27,28)29/h5,7-11,14-15,32H,6,12-13,30-31H2,1-4H3,(H,34,37)/b20-15+. The van der Waals surface area contributed by atoms with E-state index in [0.29, 0.717) is 17.8 Å². The van der Waals surface area contributed by atoms with E-state index in [4.69, 9.17) is 11.6 Å². The molecule has 0 bridgehead atoms. The molecule has 11 heteroatoms. The Bertz CT molecular complexity index is 1290. The lowest BCUT2D eigenvalue weighted by Crippen LogP contribution is -2.28. The van der Waals surface area contributed by atoms with Crippen LogP contribution in [0.1, 0.15) is 33.6 Å². The number of halogens is 3. The molecular weight excluding hydrogens is 483 g/mol. The number of benzene rings is 1. The average Bonchev–Trinajstić information content (AvgIpc) is 3.03. The van der Waals surface area contributed by atoms with Crippen LogP contribution >= 0.6 is 0 Å². The molecule has 6 N–H and O–H groups in total. The minimum atomic E-state index is -4.55. The second-order valence-electron chi connectivity index (χ2n) is 8.78. The van der Waals surface area contributed by atoms with E-state index in [-0.39, 0.29) is 24.2 Å². The molecule has 0 atom stereocenters. The van der Waals surface area contributed by atoms with Crippen molar-refractivity contribution in [2.75, 3.05) is 25.1 Å². The van der Waals surface area contributed by atoms with Crippen molar-refractivity contribution in [2.24, 2.45) is 18.6 Å². The molecule has 0 aliphatic heterocycles. The lowest BCUT2D eigenvalue weighted by atomic mass is 10.1. The molecule has 1 amide bonds. The Morgan fingerprint density at radius 3 is 2.59 bits per heavy atom. The number of nitrogens with one attached hydrogen (secondary N) is 2. The van der Waals surface area contributed by atoms with Crippen molar-refractivity contribution in [1.82, 2.24) is 20.4 Å². The molecule has 198 valence electrons. The van der Waals surface area contributed by atoms with Gasteiger partial charge in [-0.3, -0.25) is 14.5 Å². The van der Waals surface area contributed by atoms with E-state index in [0.717, 1.165) is 34.5 Å². The topological polar surface area (TPSA) is 114 Å². The van der Waals surface area contributed by atoms with Crippen LogP contribution in [0.25, 0.3) is 5.57 Å². The Hall–Kier alpha value is -3.67. The number of amides is 1. The van der Waals surface area contributed by atoms with Crippen molar-refractivity contribution in [3.8, 4) is 0 Å². The normalized spacial score (nSPS) is 14.5. The van der Waals surface area contributed by atoms with E-state index in [9.17, 15) is 18.0 Å². The van der Waals surface area contributed by atoms with Crippen LogP contribution in [0, 0.1) is 13.8 Å². The molecular formula is C26H32F3N7O. The van der Waals surface area contributed by atoms with Crippen LogP contribution in [0.4, 0.5) is 18.9 Å². The molecule has 8 nitrogen and oxygen atoms in total. The molecule has 3 rings (SSSR count). The highest BCUT2D eigenvalue weighted by molar-refractivity contribution is 5.96. The molecule has 0 unspecified atom stereocenters. The van der Waals surface area contributed by atoms with Crippen LogP contribution in [-0.4, -0.2) is 42.0 Å². The number of rotatable bonds is 8. The number of aryl methyl sites for hydroxylation is 2. The maximum Gasteiger partial charge on any atom is 0.416 e. The van der Waals surface area contributed by atoms with Gasteiger partial charge in [0.2, 0.25) is 0 Å². The number of nitrogens with zero attached hydrogens (tertiary/aromatic N) is 3. The predicted octanol–water partition coefficient (Wildman–Crippen LogP) is 3.37. The summed E-state index contributed by atoms with van der Waals surface area (Å²) in [5.41, 5.74) is 9.86. The number of alkyl halides is 3. The molecule has 1 aromatic heterocycles. The second-order valence-corrected chi connectivity index (χ2v) is 8.78. The first-order valence-corrected chi connectivity index (χ1v) is 11.6. The molecule has 1 aliphatic carbocycles. The van der Waals surface area contributed by atoms with Gasteiger partial charge in [0.15, 0.2) is 0 Å². The fourth-order valence-electron chi connectivity index (χ4n) is 3.90. The van der Waals surface area contributed by atoms with Gasteiger partial charge in [-0.1, -0.05) is 17.7 Å². The zero-order valence-corrected chi connectivity index (χ0v) is 21.3. The highest BCUT2D eigenvalue weighted by Gasteiger charge is 2.33. The highest BCUT2D eigenvalue weighted by atomic mass is 19.4. The Morgan fingerprint density at radius 2 is 2.00 bits per heavy atom. The van der Waals surface area contributed by atoms with Crippen molar-refractivity contribution in [2.45, 2.75) is 26.4 Å². The van der Waals surface area contributed by atoms with Gasteiger partial charge in [-0.15, -0.1) is 0 Å². The first-order valence-electron chi connectivity index (χ1n) is 11.6. The Kier molecular flexibility index (Phi) is 8.74. The summed E-state index contributed by atoms with van der Waals surface area (Å²) in [4.78, 5) is 13.0. The van der Waals surface area contributed by atoms with Gasteiger partial charge in [0.05, 0.1) is 17.5 Å². The van der Waals surface area contributed by atoms with Crippen LogP contribution < -0.4 is 27.2 Å². The molecule has 1 aromatic carbocycles. The summed E-state index contributed by atoms with van der Waals surface area (Å²) in [6.45, 7) is 4.27. The second kappa shape index (κ2) is 11.6. The fraction of sp³-hybridized carbons (Fsp3) is 0.308. The quantitative estimate of drug-likeness (QED) is 0.317. The summed E-state index contributed by atoms with van der Waals surface area (Å²) < 4.78 is 42.3. The third-order valence-corrected chi connectivity index (χ3v) is 6.09. The molecule has 0 radical (unpaired) electrons. The summed E-state index contributed by atoms with van der Waals surface area (Å²) in [5, 5.41) is 11.1. The minimum absolute atomic E-state index is 0.0729. The molecule has 2 aromatic rings. The van der Waals surface area contributed by atoms with E-state index in [2.05, 4.69) is 15.7 Å². The summed E-state index contributed by atoms with van der Waals surface area (Å²) >= 11 is 0. The lowest BCUT2D eigenvalue weighted by molar-refractivity contribution is -0.0883. The van der Waals surface area contributed by atoms with Crippen molar-refractivity contribution >= 4 is 17.2 Å². The van der Waals surface area contributed by atoms with Gasteiger partial charge >= 0.3 is 6.18 Å². The summed E-state index contributed by atoms with van der Waals surface area (Å²) in [6.07, 6.45) is 2.71. The number of aromatic nitrogens is 2. The van der Waals surface area contributed by atoms with E-state index in [1.165, 1.54) is 5.01 Å². The lowest BCUT2D eigenvalue weighted by Gasteiger charge is -2.19. The fourth-order valence-corrected chi connectivity index (χ4v) is 3.90. The van der Waals surface area contributed by atoms with Gasteiger partial charge in [-0.05, 0) is 62.7 Å². The molecule has 0 spiro atoms. The molecule has 0 saturated heterocycles. The third kappa shape index (κ3) is 6.76. The molecule has 37 heavy (non-hydrogen) atoms. The van der Waals surface area contributed by atoms with Crippen LogP contribution in [0.5, 0.6) is 0 Å². The van der Waals surface area contributed by atoms with Crippen molar-refractivity contribution < 1.29 is 18.0 Å². The van der Waals surface area contributed by atoms with Crippen molar-refractivity contribution in [1.29, 1.82) is 0 Å². The van der Waals surface area contributed by atoms with Crippen LogP contribution in [0.2, 0.25) is 0 Å². The number of likely N-dealkylation sites (N-methyl/N-ethyl adjacent to an activating group) is 1. The van der Waals surface area contributed by atoms with Crippen molar-refractivity contribution in [3.63, 3.8) is 0 Å². The SMILES string of the molecule is CNCC1=CC(C(F)(F)F)=CC(NC(=O)c2ccc(C)c(N(N)/C=C(\CN)c3cnn(C)c3C)c2)=CC1. The maximum absolute atomic E-state index is 13.5. The number of carbonyl (C=O) groups excluding carboxylic acids is 1. The summed E-state index contributed by atoms with van der Waals surface area (Å²) in [5.74, 6) is 5.78. The number of allylic oxidation sites excluding steroid dienone is 4. The molecule has 1 aliphatic rings. The monoisotopic (exact) mass is 515 g/mol. The Balaban J connectivity index is 1.87. The van der Waals surface area contributed by atoms with Gasteiger partial charge in [0.25, 0.3) is 5.91 Å². The van der Waals surface area contributed by atoms with Crippen LogP contribution in [-0.2, 0) is 7.05 Å². The number of carbonyl (C=O) groups is 1. The Morgan fingerprint density at radius 1 is 1.27 bits per heavy atom. The van der Waals surface area contributed by atoms with E-state index in [1.807, 2.05) is 20.9 Å². The van der Waals surface area contributed by atoms with E-state index >= 15 is 0 Å². The molecule has 0 saturated carbocycles. The van der Waals surface area contributed by atoms with Gasteiger partial charge in [0.1, 0.15) is 0 Å². The maximum atomic E-state index is 13.5. The largest absolute Gasteiger partial charge is 0.416 e. The summed E-state index contributed by atoms with van der Waals surface area (Å²) in [7, 11) is 3.49. The van der Waals surface area contributed by atoms with Crippen molar-refractivity contribution in [3.05, 3.63) is 88.1 Å². The number of anilines is 1. The zero-order valence-electron chi connectivity index (χ0n) is 21.3. The van der Waals surface area contributed by atoms with E-state index < -0.39 is 17.7 Å². The first-order chi connectivity index (χ1) is 17.4. The number of hydrogen-bond acceptors (Lipinski definition) is 6. The minimum Gasteiger partial charge on any atom is -0.326 e. The van der Waals surface area contributed by atoms with Gasteiger partial charge in [0, 0.05) is 48.9 Å². The number of hydrogen-bond donors (Lipinski definition) is 4. The number of nitrogens with two attached hydrogens (primary N) is 2. The first kappa shape index (κ1) is 27.9. The predicted molar refractivity (Wildman–Crippen MR) is 139 cm³/mol. The van der Waals surface area contributed by atoms with Gasteiger partial charge in [-0.2, -0.15) is 18.3 Å². The molecule has 0 fully saturated rings. The highest BCUT2D eigenvalue weighted by Crippen LogP contribution is 2.31. The van der Waals surface area contributed by atoms with Crippen LogP contribution in [0.15, 0.2) is 65.7 Å². The smallest absolute Gasteiger partial charge is 0.326 e. The van der Waals surface area contributed by atoms with Gasteiger partial charge < -0.3 is 16.4 Å². The van der Waals surface area contributed by atoms with E-state index in [1.54, 1.807) is 48.4 Å². The zero-order chi connectivity index (χ0) is 27.3. The van der Waals surface area contributed by atoms with Gasteiger partial charge in [-0.25, -0.2) is 5.84 Å². The average molecular weight is 516 g/mol. The third-order valence-electron chi connectivity index (χ3n) is 6.09. The molecule has 1 heterocycles. The van der Waals surface area contributed by atoms with Crippen LogP contribution in [0.3, 0.4) is 0 Å². The number of hydrazine groups is 1.